The van der Waals surface area contributed by atoms with Gasteiger partial charge in [-0.2, -0.15) is 0 Å². The third-order valence-electron chi connectivity index (χ3n) is 11.2. The van der Waals surface area contributed by atoms with Crippen molar-refractivity contribution in [1.29, 1.82) is 0 Å². The molecule has 0 radical (unpaired) electrons. The molecule has 0 aliphatic heterocycles. The number of carbonyl (C=O) groups excluding carboxylic acids is 2. The number of likely N-dealkylation sites (N-methyl/N-ethyl adjacent to an activating group) is 2. The van der Waals surface area contributed by atoms with E-state index in [2.05, 4.69) is 51.3 Å². The molecule has 0 heterocycles. The molecule has 0 aliphatic carbocycles. The summed E-state index contributed by atoms with van der Waals surface area (Å²) >= 11 is 0. The molecule has 2 unspecified atom stereocenters. The first-order valence-electron chi connectivity index (χ1n) is 23.4. The molecular weight excluding hydrogens is 661 g/mol. The number of ether oxygens (including phenoxy) is 3. The summed E-state index contributed by atoms with van der Waals surface area (Å²) in [6, 6.07) is 0. The number of unbranched alkanes of at least 4 members (excludes halogenated alkanes) is 19. The van der Waals surface area contributed by atoms with E-state index in [0.717, 1.165) is 84.2 Å². The number of nitrogens with zero attached hydrogens (tertiary/aromatic N) is 2. The second kappa shape index (κ2) is 40.3. The van der Waals surface area contributed by atoms with Crippen LogP contribution in [-0.4, -0.2) is 80.5 Å². The van der Waals surface area contributed by atoms with Crippen molar-refractivity contribution in [3.63, 3.8) is 0 Å². The Kier molecular flexibility index (Phi) is 39.3. The highest BCUT2D eigenvalue weighted by Gasteiger charge is 2.17. The van der Waals surface area contributed by atoms with Crippen LogP contribution < -0.4 is 0 Å². The standard InChI is InChI=1S/C46H92N2O5/c1-7-13-16-18-19-20-21-23-26-30-35-44(53-46(50)51-41-40-48(12-6)39-38-47(10-4)11-5)36-31-27-24-22-25-28-32-37-45(49)52-42-43(33-15-9-3)34-29-17-14-8-2/h43-44H,7-42H2,1-6H3. The summed E-state index contributed by atoms with van der Waals surface area (Å²) in [4.78, 5) is 29.9. The lowest BCUT2D eigenvalue weighted by atomic mass is 9.96. The van der Waals surface area contributed by atoms with Gasteiger partial charge in [0.1, 0.15) is 12.7 Å². The van der Waals surface area contributed by atoms with Crippen LogP contribution in [0.5, 0.6) is 0 Å². The first-order chi connectivity index (χ1) is 25.9. The van der Waals surface area contributed by atoms with Crippen molar-refractivity contribution in [2.75, 3.05) is 52.5 Å². The van der Waals surface area contributed by atoms with Crippen LogP contribution in [0.2, 0.25) is 0 Å². The third kappa shape index (κ3) is 34.9. The highest BCUT2D eigenvalue weighted by molar-refractivity contribution is 5.69. The third-order valence-corrected chi connectivity index (χ3v) is 11.2. The summed E-state index contributed by atoms with van der Waals surface area (Å²) < 4.78 is 17.2. The lowest BCUT2D eigenvalue weighted by molar-refractivity contribution is -0.145. The molecule has 0 aromatic carbocycles. The fourth-order valence-corrected chi connectivity index (χ4v) is 7.27. The van der Waals surface area contributed by atoms with Crippen LogP contribution in [0.1, 0.15) is 221 Å². The molecule has 0 bridgehead atoms. The van der Waals surface area contributed by atoms with Crippen molar-refractivity contribution < 1.29 is 23.8 Å². The van der Waals surface area contributed by atoms with Gasteiger partial charge in [-0.15, -0.1) is 0 Å². The average Bonchev–Trinajstić information content (AvgIpc) is 3.16. The van der Waals surface area contributed by atoms with Crippen molar-refractivity contribution in [2.45, 2.75) is 227 Å². The van der Waals surface area contributed by atoms with E-state index >= 15 is 0 Å². The maximum Gasteiger partial charge on any atom is 0.508 e. The zero-order chi connectivity index (χ0) is 39.0. The molecule has 2 atom stereocenters. The highest BCUT2D eigenvalue weighted by Crippen LogP contribution is 2.20. The predicted octanol–water partition coefficient (Wildman–Crippen LogP) is 13.3. The molecule has 0 aliphatic rings. The molecule has 0 spiro atoms. The van der Waals surface area contributed by atoms with Gasteiger partial charge in [0.25, 0.3) is 0 Å². The van der Waals surface area contributed by atoms with E-state index in [1.807, 2.05) is 0 Å². The minimum atomic E-state index is -0.496. The van der Waals surface area contributed by atoms with Crippen LogP contribution in [0.3, 0.4) is 0 Å². The largest absolute Gasteiger partial charge is 0.508 e. The topological polar surface area (TPSA) is 68.3 Å². The van der Waals surface area contributed by atoms with E-state index in [1.54, 1.807) is 0 Å². The molecule has 0 aromatic rings. The summed E-state index contributed by atoms with van der Waals surface area (Å²) in [6.45, 7) is 20.2. The highest BCUT2D eigenvalue weighted by atomic mass is 16.7. The van der Waals surface area contributed by atoms with E-state index in [4.69, 9.17) is 14.2 Å². The molecule has 0 rings (SSSR count). The van der Waals surface area contributed by atoms with Crippen LogP contribution in [0.15, 0.2) is 0 Å². The van der Waals surface area contributed by atoms with E-state index in [1.165, 1.54) is 128 Å². The molecule has 53 heavy (non-hydrogen) atoms. The lowest BCUT2D eigenvalue weighted by Gasteiger charge is -2.25. The monoisotopic (exact) mass is 753 g/mol. The number of carbonyl (C=O) groups is 2. The predicted molar refractivity (Wildman–Crippen MR) is 227 cm³/mol. The van der Waals surface area contributed by atoms with Gasteiger partial charge in [-0.1, -0.05) is 170 Å². The Balaban J connectivity index is 4.41. The van der Waals surface area contributed by atoms with Crippen LogP contribution >= 0.6 is 0 Å². The summed E-state index contributed by atoms with van der Waals surface area (Å²) in [5.41, 5.74) is 0. The Morgan fingerprint density at radius 3 is 1.42 bits per heavy atom. The number of hydrogen-bond acceptors (Lipinski definition) is 7. The van der Waals surface area contributed by atoms with Crippen LogP contribution in [0.25, 0.3) is 0 Å². The molecule has 0 amide bonds. The van der Waals surface area contributed by atoms with Gasteiger partial charge in [-0.05, 0) is 70.5 Å². The minimum absolute atomic E-state index is 0.00925. The second-order valence-electron chi connectivity index (χ2n) is 15.8. The van der Waals surface area contributed by atoms with Crippen molar-refractivity contribution in [1.82, 2.24) is 9.80 Å². The Hall–Kier alpha value is -1.34. The van der Waals surface area contributed by atoms with Gasteiger partial charge >= 0.3 is 12.1 Å². The van der Waals surface area contributed by atoms with Crippen molar-refractivity contribution in [2.24, 2.45) is 5.92 Å². The first kappa shape index (κ1) is 51.7. The molecule has 0 fully saturated rings. The maximum absolute atomic E-state index is 12.7. The van der Waals surface area contributed by atoms with Crippen molar-refractivity contribution in [3.8, 4) is 0 Å². The van der Waals surface area contributed by atoms with Crippen LogP contribution in [0.4, 0.5) is 4.79 Å². The van der Waals surface area contributed by atoms with Crippen LogP contribution in [0, 0.1) is 5.92 Å². The quantitative estimate of drug-likeness (QED) is 0.0455. The molecule has 0 N–H and O–H groups in total. The summed E-state index contributed by atoms with van der Waals surface area (Å²) in [6.07, 6.45) is 32.7. The fourth-order valence-electron chi connectivity index (χ4n) is 7.27. The number of rotatable bonds is 41. The normalized spacial score (nSPS) is 12.8. The average molecular weight is 753 g/mol. The van der Waals surface area contributed by atoms with Gasteiger partial charge in [0, 0.05) is 26.1 Å². The van der Waals surface area contributed by atoms with Gasteiger partial charge in [-0.25, -0.2) is 4.79 Å². The Morgan fingerprint density at radius 1 is 0.453 bits per heavy atom. The van der Waals surface area contributed by atoms with E-state index < -0.39 is 6.16 Å². The summed E-state index contributed by atoms with van der Waals surface area (Å²) in [5.74, 6) is 0.524. The molecule has 7 nitrogen and oxygen atoms in total. The molecule has 0 aromatic heterocycles. The second-order valence-corrected chi connectivity index (χ2v) is 15.8. The Morgan fingerprint density at radius 2 is 0.887 bits per heavy atom. The van der Waals surface area contributed by atoms with E-state index in [-0.39, 0.29) is 12.1 Å². The molecule has 0 saturated heterocycles. The molecule has 316 valence electrons. The Labute approximate surface area is 330 Å². The zero-order valence-electron chi connectivity index (χ0n) is 36.5. The zero-order valence-corrected chi connectivity index (χ0v) is 36.5. The molecular formula is C46H92N2O5. The van der Waals surface area contributed by atoms with Crippen LogP contribution in [-0.2, 0) is 19.0 Å². The van der Waals surface area contributed by atoms with Crippen molar-refractivity contribution in [3.05, 3.63) is 0 Å². The van der Waals surface area contributed by atoms with Gasteiger partial charge in [0.05, 0.1) is 6.61 Å². The SMILES string of the molecule is CCCCCCCCCCCCC(CCCCCCCCCC(=O)OCC(CCCC)CCCCCC)OC(=O)OCCN(CC)CCN(CC)CC. The maximum atomic E-state index is 12.7. The Bertz CT molecular complexity index is 777. The molecule has 0 saturated carbocycles. The number of esters is 1. The summed E-state index contributed by atoms with van der Waals surface area (Å²) in [5, 5.41) is 0. The minimum Gasteiger partial charge on any atom is -0.465 e. The lowest BCUT2D eigenvalue weighted by Crippen LogP contribution is -2.37. The summed E-state index contributed by atoms with van der Waals surface area (Å²) in [7, 11) is 0. The van der Waals surface area contributed by atoms with Gasteiger partial charge in [-0.3, -0.25) is 9.69 Å². The van der Waals surface area contributed by atoms with E-state index in [0.29, 0.717) is 25.6 Å². The van der Waals surface area contributed by atoms with Crippen molar-refractivity contribution >= 4 is 12.1 Å². The van der Waals surface area contributed by atoms with E-state index in [9.17, 15) is 9.59 Å². The van der Waals surface area contributed by atoms with Gasteiger partial charge < -0.3 is 19.1 Å². The van der Waals surface area contributed by atoms with Gasteiger partial charge in [0.15, 0.2) is 0 Å². The number of hydrogen-bond donors (Lipinski definition) is 0. The van der Waals surface area contributed by atoms with Gasteiger partial charge in [0.2, 0.25) is 0 Å². The molecule has 7 heteroatoms. The first-order valence-corrected chi connectivity index (χ1v) is 23.4. The fraction of sp³-hybridized carbons (Fsp3) is 0.957. The smallest absolute Gasteiger partial charge is 0.465 e.